The van der Waals surface area contributed by atoms with Crippen molar-refractivity contribution < 1.29 is 4.79 Å². The number of carbonyl (C=O) groups excluding carboxylic acids is 1. The van der Waals surface area contributed by atoms with Gasteiger partial charge >= 0.3 is 6.03 Å². The molecule has 0 saturated carbocycles. The third kappa shape index (κ3) is 3.63. The van der Waals surface area contributed by atoms with Crippen LogP contribution in [0, 0.1) is 0 Å². The molecular formula is C9H19N3O. The SMILES string of the molecule is CN(C)CCCN1CCCNC1=O. The third-order valence-electron chi connectivity index (χ3n) is 2.20. The topological polar surface area (TPSA) is 35.6 Å². The summed E-state index contributed by atoms with van der Waals surface area (Å²) in [6.45, 7) is 3.68. The second-order valence-corrected chi connectivity index (χ2v) is 3.73. The predicted octanol–water partition coefficient (Wildman–Crippen LogP) is 0.353. The van der Waals surface area contributed by atoms with Crippen LogP contribution in [0.3, 0.4) is 0 Å². The Balaban J connectivity index is 2.15. The van der Waals surface area contributed by atoms with E-state index in [0.29, 0.717) is 0 Å². The van der Waals surface area contributed by atoms with Gasteiger partial charge in [0.15, 0.2) is 0 Å². The first kappa shape index (κ1) is 10.3. The molecule has 0 atom stereocenters. The van der Waals surface area contributed by atoms with Crippen LogP contribution < -0.4 is 5.32 Å². The van der Waals surface area contributed by atoms with E-state index in [4.69, 9.17) is 0 Å². The zero-order chi connectivity index (χ0) is 9.68. The normalized spacial score (nSPS) is 17.8. The molecule has 0 radical (unpaired) electrons. The molecule has 0 aromatic carbocycles. The third-order valence-corrected chi connectivity index (χ3v) is 2.20. The van der Waals surface area contributed by atoms with Crippen LogP contribution in [0.15, 0.2) is 0 Å². The molecule has 76 valence electrons. The molecule has 0 aromatic rings. The lowest BCUT2D eigenvalue weighted by Gasteiger charge is -2.27. The van der Waals surface area contributed by atoms with Crippen molar-refractivity contribution in [3.63, 3.8) is 0 Å². The van der Waals surface area contributed by atoms with Crippen molar-refractivity contribution in [3.05, 3.63) is 0 Å². The monoisotopic (exact) mass is 185 g/mol. The predicted molar refractivity (Wildman–Crippen MR) is 52.8 cm³/mol. The summed E-state index contributed by atoms with van der Waals surface area (Å²) in [6.07, 6.45) is 2.13. The fourth-order valence-electron chi connectivity index (χ4n) is 1.47. The van der Waals surface area contributed by atoms with Crippen molar-refractivity contribution in [2.45, 2.75) is 12.8 Å². The molecule has 0 aromatic heterocycles. The van der Waals surface area contributed by atoms with Crippen molar-refractivity contribution >= 4 is 6.03 Å². The van der Waals surface area contributed by atoms with E-state index in [9.17, 15) is 4.79 Å². The Morgan fingerprint density at radius 3 is 2.92 bits per heavy atom. The summed E-state index contributed by atoms with van der Waals surface area (Å²) < 4.78 is 0. The molecule has 1 saturated heterocycles. The Bertz CT molecular complexity index is 170. The molecule has 13 heavy (non-hydrogen) atoms. The fourth-order valence-corrected chi connectivity index (χ4v) is 1.47. The van der Waals surface area contributed by atoms with Gasteiger partial charge in [-0.1, -0.05) is 0 Å². The number of amides is 2. The number of carbonyl (C=O) groups is 1. The Morgan fingerprint density at radius 2 is 2.31 bits per heavy atom. The summed E-state index contributed by atoms with van der Waals surface area (Å²) in [4.78, 5) is 15.3. The maximum Gasteiger partial charge on any atom is 0.317 e. The van der Waals surface area contributed by atoms with Crippen LogP contribution in [0.4, 0.5) is 4.79 Å². The summed E-state index contributed by atoms with van der Waals surface area (Å²) in [5, 5.41) is 2.84. The minimum Gasteiger partial charge on any atom is -0.338 e. The van der Waals surface area contributed by atoms with Crippen LogP contribution >= 0.6 is 0 Å². The van der Waals surface area contributed by atoms with Crippen molar-refractivity contribution in [2.24, 2.45) is 0 Å². The summed E-state index contributed by atoms with van der Waals surface area (Å²) in [7, 11) is 4.10. The van der Waals surface area contributed by atoms with Gasteiger partial charge in [0.1, 0.15) is 0 Å². The largest absolute Gasteiger partial charge is 0.338 e. The van der Waals surface area contributed by atoms with Crippen LogP contribution in [-0.2, 0) is 0 Å². The van der Waals surface area contributed by atoms with Gasteiger partial charge in [-0.05, 0) is 33.5 Å². The first-order chi connectivity index (χ1) is 6.20. The van der Waals surface area contributed by atoms with Gasteiger partial charge in [-0.15, -0.1) is 0 Å². The smallest absolute Gasteiger partial charge is 0.317 e. The zero-order valence-corrected chi connectivity index (χ0v) is 8.55. The molecular weight excluding hydrogens is 166 g/mol. The standard InChI is InChI=1S/C9H19N3O/c1-11(2)6-4-8-12-7-3-5-10-9(12)13/h3-8H2,1-2H3,(H,10,13). The van der Waals surface area contributed by atoms with Crippen LogP contribution in [0.1, 0.15) is 12.8 Å². The molecule has 0 bridgehead atoms. The molecule has 4 nitrogen and oxygen atoms in total. The van der Waals surface area contributed by atoms with E-state index in [2.05, 4.69) is 24.3 Å². The highest BCUT2D eigenvalue weighted by atomic mass is 16.2. The summed E-state index contributed by atoms with van der Waals surface area (Å²) in [5.74, 6) is 0. The number of rotatable bonds is 4. The molecule has 1 N–H and O–H groups in total. The molecule has 4 heteroatoms. The second-order valence-electron chi connectivity index (χ2n) is 3.73. The molecule has 1 heterocycles. The molecule has 2 amide bonds. The maximum absolute atomic E-state index is 11.3. The second kappa shape index (κ2) is 5.07. The fraction of sp³-hybridized carbons (Fsp3) is 0.889. The van der Waals surface area contributed by atoms with E-state index >= 15 is 0 Å². The van der Waals surface area contributed by atoms with Crippen LogP contribution in [0.5, 0.6) is 0 Å². The lowest BCUT2D eigenvalue weighted by molar-refractivity contribution is 0.183. The zero-order valence-electron chi connectivity index (χ0n) is 8.55. The van der Waals surface area contributed by atoms with Gasteiger partial charge in [-0.3, -0.25) is 0 Å². The highest BCUT2D eigenvalue weighted by molar-refractivity contribution is 5.74. The first-order valence-corrected chi connectivity index (χ1v) is 4.87. The summed E-state index contributed by atoms with van der Waals surface area (Å²) in [6, 6.07) is 0.102. The van der Waals surface area contributed by atoms with Crippen molar-refractivity contribution in [1.29, 1.82) is 0 Å². The van der Waals surface area contributed by atoms with Crippen LogP contribution in [0.2, 0.25) is 0 Å². The molecule has 1 aliphatic heterocycles. The quantitative estimate of drug-likeness (QED) is 0.686. The molecule has 1 fully saturated rings. The minimum absolute atomic E-state index is 0.102. The van der Waals surface area contributed by atoms with E-state index in [-0.39, 0.29) is 6.03 Å². The highest BCUT2D eigenvalue weighted by Gasteiger charge is 2.16. The average Bonchev–Trinajstić information content (AvgIpc) is 2.08. The highest BCUT2D eigenvalue weighted by Crippen LogP contribution is 2.00. The van der Waals surface area contributed by atoms with Crippen molar-refractivity contribution in [1.82, 2.24) is 15.1 Å². The molecule has 1 rings (SSSR count). The number of hydrogen-bond acceptors (Lipinski definition) is 2. The lowest BCUT2D eigenvalue weighted by atomic mass is 10.3. The van der Waals surface area contributed by atoms with Crippen LogP contribution in [0.25, 0.3) is 0 Å². The number of nitrogens with one attached hydrogen (secondary N) is 1. The van der Waals surface area contributed by atoms with E-state index in [1.165, 1.54) is 0 Å². The van der Waals surface area contributed by atoms with Gasteiger partial charge in [0.2, 0.25) is 0 Å². The van der Waals surface area contributed by atoms with Crippen LogP contribution in [-0.4, -0.2) is 56.1 Å². The van der Waals surface area contributed by atoms with E-state index in [0.717, 1.165) is 39.0 Å². The summed E-state index contributed by atoms with van der Waals surface area (Å²) >= 11 is 0. The Kier molecular flexibility index (Phi) is 4.02. The van der Waals surface area contributed by atoms with Gasteiger partial charge in [-0.25, -0.2) is 4.79 Å². The number of hydrogen-bond donors (Lipinski definition) is 1. The number of nitrogens with zero attached hydrogens (tertiary/aromatic N) is 2. The minimum atomic E-state index is 0.102. The van der Waals surface area contributed by atoms with Crippen molar-refractivity contribution in [2.75, 3.05) is 40.3 Å². The molecule has 0 spiro atoms. The van der Waals surface area contributed by atoms with Gasteiger partial charge in [0.25, 0.3) is 0 Å². The summed E-state index contributed by atoms with van der Waals surface area (Å²) in [5.41, 5.74) is 0. The van der Waals surface area contributed by atoms with E-state index in [1.54, 1.807) is 0 Å². The average molecular weight is 185 g/mol. The Labute approximate surface area is 79.9 Å². The van der Waals surface area contributed by atoms with Gasteiger partial charge in [0, 0.05) is 19.6 Å². The molecule has 0 aliphatic carbocycles. The number of urea groups is 1. The molecule has 0 unspecified atom stereocenters. The van der Waals surface area contributed by atoms with E-state index in [1.807, 2.05) is 4.90 Å². The Morgan fingerprint density at radius 1 is 1.54 bits per heavy atom. The maximum atomic E-state index is 11.3. The lowest BCUT2D eigenvalue weighted by Crippen LogP contribution is -2.47. The van der Waals surface area contributed by atoms with Crippen molar-refractivity contribution in [3.8, 4) is 0 Å². The van der Waals surface area contributed by atoms with E-state index < -0.39 is 0 Å². The Hall–Kier alpha value is -0.770. The first-order valence-electron chi connectivity index (χ1n) is 4.87. The molecule has 1 aliphatic rings. The van der Waals surface area contributed by atoms with Gasteiger partial charge in [-0.2, -0.15) is 0 Å². The van der Waals surface area contributed by atoms with Gasteiger partial charge in [0.05, 0.1) is 0 Å². The van der Waals surface area contributed by atoms with Gasteiger partial charge < -0.3 is 15.1 Å².